The maximum absolute atomic E-state index is 12.8. The zero-order chi connectivity index (χ0) is 20.9. The van der Waals surface area contributed by atoms with Crippen LogP contribution in [0.1, 0.15) is 36.6 Å². The van der Waals surface area contributed by atoms with Crippen molar-refractivity contribution >= 4 is 11.7 Å². The summed E-state index contributed by atoms with van der Waals surface area (Å²) < 4.78 is 0. The lowest BCUT2D eigenvalue weighted by Crippen LogP contribution is -2.38. The van der Waals surface area contributed by atoms with E-state index in [9.17, 15) is 4.79 Å². The zero-order valence-electron chi connectivity index (χ0n) is 17.5. The van der Waals surface area contributed by atoms with Crippen molar-refractivity contribution in [2.24, 2.45) is 5.92 Å². The van der Waals surface area contributed by atoms with E-state index in [1.54, 1.807) is 12.4 Å². The number of rotatable bonds is 7. The summed E-state index contributed by atoms with van der Waals surface area (Å²) in [7, 11) is 3.91. The van der Waals surface area contributed by atoms with E-state index < -0.39 is 0 Å². The summed E-state index contributed by atoms with van der Waals surface area (Å²) in [6.07, 6.45) is 7.24. The number of nitrogens with zero attached hydrogens (tertiary/aromatic N) is 4. The van der Waals surface area contributed by atoms with E-state index >= 15 is 0 Å². The molecule has 1 N–H and O–H groups in total. The topological polar surface area (TPSA) is 71.0 Å². The Morgan fingerprint density at radius 2 is 1.93 bits per heavy atom. The Kier molecular flexibility index (Phi) is 6.02. The number of benzene rings is 1. The van der Waals surface area contributed by atoms with Gasteiger partial charge >= 0.3 is 0 Å². The second-order valence-corrected chi connectivity index (χ2v) is 7.99. The molecule has 2 heterocycles. The second-order valence-electron chi connectivity index (χ2n) is 7.99. The predicted octanol–water partition coefficient (Wildman–Crippen LogP) is 3.80. The first-order valence-electron chi connectivity index (χ1n) is 10.4. The summed E-state index contributed by atoms with van der Waals surface area (Å²) in [5.74, 6) is 1.65. The minimum Gasteiger partial charge on any atom is -0.363 e. The maximum Gasteiger partial charge on any atom is 0.223 e. The van der Waals surface area contributed by atoms with Crippen molar-refractivity contribution in [1.82, 2.24) is 20.3 Å². The van der Waals surface area contributed by atoms with Gasteiger partial charge in [-0.1, -0.05) is 36.8 Å². The zero-order valence-corrected chi connectivity index (χ0v) is 17.5. The van der Waals surface area contributed by atoms with Gasteiger partial charge in [-0.25, -0.2) is 9.97 Å². The Hall–Kier alpha value is -3.28. The molecule has 6 heteroatoms. The van der Waals surface area contributed by atoms with Crippen molar-refractivity contribution in [2.45, 2.75) is 31.7 Å². The highest BCUT2D eigenvalue weighted by Gasteiger charge is 2.28. The number of amides is 1. The highest BCUT2D eigenvalue weighted by molar-refractivity contribution is 5.80. The molecule has 1 amide bonds. The van der Waals surface area contributed by atoms with Crippen molar-refractivity contribution in [3.8, 4) is 11.4 Å². The molecule has 2 aromatic heterocycles. The Morgan fingerprint density at radius 3 is 2.57 bits per heavy atom. The van der Waals surface area contributed by atoms with E-state index in [4.69, 9.17) is 9.97 Å². The van der Waals surface area contributed by atoms with Crippen LogP contribution in [0.25, 0.3) is 11.4 Å². The van der Waals surface area contributed by atoms with Crippen LogP contribution in [0.4, 0.5) is 5.82 Å². The molecule has 30 heavy (non-hydrogen) atoms. The predicted molar refractivity (Wildman–Crippen MR) is 118 cm³/mol. The van der Waals surface area contributed by atoms with E-state index in [-0.39, 0.29) is 17.9 Å². The van der Waals surface area contributed by atoms with Crippen molar-refractivity contribution in [3.63, 3.8) is 0 Å². The fourth-order valence-corrected chi connectivity index (χ4v) is 3.52. The highest BCUT2D eigenvalue weighted by atomic mass is 16.2. The highest BCUT2D eigenvalue weighted by Crippen LogP contribution is 2.29. The van der Waals surface area contributed by atoms with Crippen molar-refractivity contribution in [2.75, 3.05) is 19.0 Å². The van der Waals surface area contributed by atoms with E-state index in [0.29, 0.717) is 12.2 Å². The van der Waals surface area contributed by atoms with Gasteiger partial charge in [0.05, 0.1) is 11.7 Å². The molecule has 1 fully saturated rings. The van der Waals surface area contributed by atoms with Crippen molar-refractivity contribution in [3.05, 3.63) is 72.2 Å². The molecule has 0 spiro atoms. The number of pyridine rings is 1. The third-order valence-corrected chi connectivity index (χ3v) is 5.54. The molecule has 6 nitrogen and oxygen atoms in total. The van der Waals surface area contributed by atoms with Crippen LogP contribution in [-0.2, 0) is 11.2 Å². The van der Waals surface area contributed by atoms with Crippen LogP contribution in [0.5, 0.6) is 0 Å². The van der Waals surface area contributed by atoms with Crippen LogP contribution in [0.3, 0.4) is 0 Å². The first kappa shape index (κ1) is 20.0. The average molecular weight is 402 g/mol. The minimum absolute atomic E-state index is 0.120. The number of hydrogen-bond acceptors (Lipinski definition) is 5. The van der Waals surface area contributed by atoms with Gasteiger partial charge in [0, 0.05) is 44.0 Å². The van der Waals surface area contributed by atoms with Crippen LogP contribution in [0.2, 0.25) is 0 Å². The molecule has 1 atom stereocenters. The Balaban J connectivity index is 1.72. The SMILES string of the molecule is CN(C)c1cc([C@@H](Cc2ccccc2)NC(=O)C2CCC2)nc(-c2cccnc2)n1. The van der Waals surface area contributed by atoms with E-state index in [1.165, 1.54) is 0 Å². The lowest BCUT2D eigenvalue weighted by molar-refractivity contribution is -0.128. The summed E-state index contributed by atoms with van der Waals surface area (Å²) in [6, 6.07) is 15.8. The lowest BCUT2D eigenvalue weighted by Gasteiger charge is -2.28. The van der Waals surface area contributed by atoms with Gasteiger partial charge in [0.15, 0.2) is 5.82 Å². The molecule has 0 saturated heterocycles. The van der Waals surface area contributed by atoms with E-state index in [0.717, 1.165) is 41.9 Å². The Bertz CT molecular complexity index is 987. The normalized spacial score (nSPS) is 14.6. The molecule has 0 radical (unpaired) electrons. The van der Waals surface area contributed by atoms with Crippen LogP contribution < -0.4 is 10.2 Å². The molecule has 4 rings (SSSR count). The van der Waals surface area contributed by atoms with Gasteiger partial charge in [-0.2, -0.15) is 0 Å². The van der Waals surface area contributed by atoms with Gasteiger partial charge in [-0.3, -0.25) is 9.78 Å². The number of hydrogen-bond donors (Lipinski definition) is 1. The Labute approximate surface area is 177 Å². The summed E-state index contributed by atoms with van der Waals surface area (Å²) in [4.78, 5) is 28.5. The number of carbonyl (C=O) groups excluding carboxylic acids is 1. The number of carbonyl (C=O) groups is 1. The van der Waals surface area contributed by atoms with Gasteiger partial charge in [-0.05, 0) is 37.0 Å². The molecular weight excluding hydrogens is 374 g/mol. The number of anilines is 1. The largest absolute Gasteiger partial charge is 0.363 e. The van der Waals surface area contributed by atoms with Crippen LogP contribution >= 0.6 is 0 Å². The molecule has 1 aromatic carbocycles. The third-order valence-electron chi connectivity index (χ3n) is 5.54. The number of aromatic nitrogens is 3. The smallest absolute Gasteiger partial charge is 0.223 e. The quantitative estimate of drug-likeness (QED) is 0.652. The van der Waals surface area contributed by atoms with E-state index in [2.05, 4.69) is 22.4 Å². The van der Waals surface area contributed by atoms with Gasteiger partial charge in [-0.15, -0.1) is 0 Å². The third kappa shape index (κ3) is 4.64. The van der Waals surface area contributed by atoms with Crippen LogP contribution in [-0.4, -0.2) is 35.0 Å². The minimum atomic E-state index is -0.224. The van der Waals surface area contributed by atoms with Crippen LogP contribution in [0.15, 0.2) is 60.9 Å². The fraction of sp³-hybridized carbons (Fsp3) is 0.333. The fourth-order valence-electron chi connectivity index (χ4n) is 3.52. The molecule has 1 aliphatic rings. The summed E-state index contributed by atoms with van der Waals surface area (Å²) in [6.45, 7) is 0. The number of nitrogens with one attached hydrogen (secondary N) is 1. The second kappa shape index (κ2) is 9.03. The molecule has 3 aromatic rings. The lowest BCUT2D eigenvalue weighted by atomic mass is 9.84. The van der Waals surface area contributed by atoms with Gasteiger partial charge < -0.3 is 10.2 Å². The molecule has 0 bridgehead atoms. The van der Waals surface area contributed by atoms with Gasteiger partial charge in [0.1, 0.15) is 5.82 Å². The molecule has 0 unspecified atom stereocenters. The van der Waals surface area contributed by atoms with Crippen molar-refractivity contribution in [1.29, 1.82) is 0 Å². The van der Waals surface area contributed by atoms with E-state index in [1.807, 2.05) is 55.4 Å². The Morgan fingerprint density at radius 1 is 1.13 bits per heavy atom. The summed E-state index contributed by atoms with van der Waals surface area (Å²) >= 11 is 0. The first-order chi connectivity index (χ1) is 14.6. The van der Waals surface area contributed by atoms with Gasteiger partial charge in [0.2, 0.25) is 5.91 Å². The van der Waals surface area contributed by atoms with Gasteiger partial charge in [0.25, 0.3) is 0 Å². The van der Waals surface area contributed by atoms with Crippen LogP contribution in [0, 0.1) is 5.92 Å². The maximum atomic E-state index is 12.8. The summed E-state index contributed by atoms with van der Waals surface area (Å²) in [5.41, 5.74) is 2.82. The van der Waals surface area contributed by atoms with Crippen molar-refractivity contribution < 1.29 is 4.79 Å². The first-order valence-corrected chi connectivity index (χ1v) is 10.4. The monoisotopic (exact) mass is 401 g/mol. The molecule has 154 valence electrons. The molecule has 1 saturated carbocycles. The molecule has 1 aliphatic carbocycles. The summed E-state index contributed by atoms with van der Waals surface area (Å²) in [5, 5.41) is 3.27. The standard InChI is InChI=1S/C24H27N5O/c1-29(2)22-15-21(26-23(28-22)19-12-7-13-25-16-19)20(14-17-8-4-3-5-9-17)27-24(30)18-10-6-11-18/h3-5,7-9,12-13,15-16,18,20H,6,10-11,14H2,1-2H3,(H,27,30)/t20-/m1/s1. The average Bonchev–Trinajstić information content (AvgIpc) is 2.73. The molecular formula is C24H27N5O. The molecule has 0 aliphatic heterocycles.